The summed E-state index contributed by atoms with van der Waals surface area (Å²) in [5.74, 6) is -2.24. The smallest absolute Gasteiger partial charge is 0.350 e. The van der Waals surface area contributed by atoms with Gasteiger partial charge in [0.05, 0.1) is 11.1 Å². The number of hydrogen-bond acceptors (Lipinski definition) is 7. The van der Waals surface area contributed by atoms with Crippen molar-refractivity contribution >= 4 is 29.2 Å². The molecule has 0 aromatic heterocycles. The Bertz CT molecular complexity index is 865. The molecule has 1 amide bonds. The number of esters is 2. The molecule has 8 nitrogen and oxygen atoms in total. The predicted molar refractivity (Wildman–Crippen MR) is 106 cm³/mol. The van der Waals surface area contributed by atoms with E-state index >= 15 is 0 Å². The number of amides is 1. The molecule has 0 atom stereocenters. The van der Waals surface area contributed by atoms with Crippen LogP contribution in [0.1, 0.15) is 41.0 Å². The van der Waals surface area contributed by atoms with Crippen LogP contribution in [-0.4, -0.2) is 36.8 Å². The summed E-state index contributed by atoms with van der Waals surface area (Å²) in [6.45, 7) is 9.53. The Hall–Kier alpha value is -3.03. The highest BCUT2D eigenvalue weighted by molar-refractivity contribution is 6.15. The van der Waals surface area contributed by atoms with Gasteiger partial charge in [-0.3, -0.25) is 4.79 Å². The van der Waals surface area contributed by atoms with Gasteiger partial charge in [-0.25, -0.2) is 9.59 Å². The molecule has 156 valence electrons. The van der Waals surface area contributed by atoms with Crippen molar-refractivity contribution in [2.24, 2.45) is 5.41 Å². The van der Waals surface area contributed by atoms with Gasteiger partial charge in [0, 0.05) is 38.3 Å². The van der Waals surface area contributed by atoms with Crippen LogP contribution in [0.15, 0.2) is 30.0 Å². The summed E-state index contributed by atoms with van der Waals surface area (Å²) in [6, 6.07) is 5.26. The zero-order valence-electron chi connectivity index (χ0n) is 17.3. The molecule has 0 saturated carbocycles. The number of hydrogen-bond donors (Lipinski definition) is 1. The van der Waals surface area contributed by atoms with E-state index in [9.17, 15) is 14.4 Å². The monoisotopic (exact) mass is 402 g/mol. The Kier molecular flexibility index (Phi) is 5.30. The van der Waals surface area contributed by atoms with E-state index in [1.165, 1.54) is 20.0 Å². The van der Waals surface area contributed by atoms with Gasteiger partial charge in [-0.05, 0) is 32.4 Å². The van der Waals surface area contributed by atoms with Gasteiger partial charge in [0.25, 0.3) is 5.79 Å². The Morgan fingerprint density at radius 3 is 2.38 bits per heavy atom. The maximum atomic E-state index is 12.9. The van der Waals surface area contributed by atoms with Crippen LogP contribution in [0.5, 0.6) is 5.75 Å². The van der Waals surface area contributed by atoms with Crippen molar-refractivity contribution < 1.29 is 28.6 Å². The third-order valence-electron chi connectivity index (χ3n) is 4.61. The Morgan fingerprint density at radius 1 is 1.10 bits per heavy atom. The molecule has 0 unspecified atom stereocenters. The molecule has 0 radical (unpaired) electrons. The quantitative estimate of drug-likeness (QED) is 0.470. The second-order valence-corrected chi connectivity index (χ2v) is 8.19. The van der Waals surface area contributed by atoms with Crippen molar-refractivity contribution in [1.29, 1.82) is 0 Å². The van der Waals surface area contributed by atoms with E-state index in [-0.39, 0.29) is 18.1 Å². The molecule has 0 spiro atoms. The standard InChI is InChI=1S/C21H26N2O6/c1-6-9-23-15-8-7-13(10-16(15)27-12-20(2,3)19(23)26)22-11-14-17(24)28-21(4,5)29-18(14)25/h7-8,10-11,22H,6,9,12H2,1-5H3. The van der Waals surface area contributed by atoms with Crippen LogP contribution in [0.25, 0.3) is 0 Å². The fourth-order valence-corrected chi connectivity index (χ4v) is 3.12. The Morgan fingerprint density at radius 2 is 1.76 bits per heavy atom. The van der Waals surface area contributed by atoms with Crippen LogP contribution in [0.2, 0.25) is 0 Å². The first kappa shape index (κ1) is 20.7. The molecular formula is C21H26N2O6. The van der Waals surface area contributed by atoms with Crippen molar-refractivity contribution in [3.05, 3.63) is 30.0 Å². The van der Waals surface area contributed by atoms with Crippen LogP contribution in [0.3, 0.4) is 0 Å². The third kappa shape index (κ3) is 4.21. The number of carbonyl (C=O) groups excluding carboxylic acids is 3. The van der Waals surface area contributed by atoms with Crippen molar-refractivity contribution in [3.8, 4) is 5.75 Å². The van der Waals surface area contributed by atoms with Gasteiger partial charge in [-0.15, -0.1) is 0 Å². The van der Waals surface area contributed by atoms with E-state index in [1.807, 2.05) is 20.8 Å². The number of nitrogens with one attached hydrogen (secondary N) is 1. The summed E-state index contributed by atoms with van der Waals surface area (Å²) in [4.78, 5) is 38.7. The zero-order chi connectivity index (χ0) is 21.4. The van der Waals surface area contributed by atoms with Gasteiger partial charge < -0.3 is 24.4 Å². The first-order chi connectivity index (χ1) is 13.5. The SMILES string of the molecule is CCCN1C(=O)C(C)(C)COc2cc(NC=C3C(=O)OC(C)(C)OC3=O)ccc21. The van der Waals surface area contributed by atoms with Gasteiger partial charge in [0.2, 0.25) is 5.91 Å². The van der Waals surface area contributed by atoms with E-state index < -0.39 is 23.1 Å². The van der Waals surface area contributed by atoms with Crippen LogP contribution >= 0.6 is 0 Å². The van der Waals surface area contributed by atoms with Crippen LogP contribution in [0.4, 0.5) is 11.4 Å². The molecule has 1 saturated heterocycles. The van der Waals surface area contributed by atoms with E-state index in [1.54, 1.807) is 23.1 Å². The van der Waals surface area contributed by atoms with Crippen molar-refractivity contribution in [2.45, 2.75) is 46.8 Å². The lowest BCUT2D eigenvalue weighted by Gasteiger charge is -2.29. The fourth-order valence-electron chi connectivity index (χ4n) is 3.12. The largest absolute Gasteiger partial charge is 0.490 e. The molecule has 3 rings (SSSR count). The second kappa shape index (κ2) is 7.42. The zero-order valence-corrected chi connectivity index (χ0v) is 17.3. The summed E-state index contributed by atoms with van der Waals surface area (Å²) in [5.41, 5.74) is 0.403. The van der Waals surface area contributed by atoms with Gasteiger partial charge in [0.1, 0.15) is 12.4 Å². The normalized spacial score (nSPS) is 20.1. The summed E-state index contributed by atoms with van der Waals surface area (Å²) in [5, 5.41) is 2.90. The van der Waals surface area contributed by atoms with Gasteiger partial charge in [-0.2, -0.15) is 0 Å². The number of benzene rings is 1. The van der Waals surface area contributed by atoms with Gasteiger partial charge in [0.15, 0.2) is 5.57 Å². The molecule has 29 heavy (non-hydrogen) atoms. The second-order valence-electron chi connectivity index (χ2n) is 8.19. The number of nitrogens with zero attached hydrogens (tertiary/aromatic N) is 1. The maximum Gasteiger partial charge on any atom is 0.350 e. The molecule has 1 aromatic rings. The molecule has 0 bridgehead atoms. The fraction of sp³-hybridized carbons (Fsp3) is 0.476. The lowest BCUT2D eigenvalue weighted by Crippen LogP contribution is -2.42. The van der Waals surface area contributed by atoms with E-state index in [2.05, 4.69) is 5.32 Å². The Labute approximate surface area is 169 Å². The molecule has 2 aliphatic heterocycles. The van der Waals surface area contributed by atoms with Crippen molar-refractivity contribution in [1.82, 2.24) is 0 Å². The highest BCUT2D eigenvalue weighted by atomic mass is 16.7. The topological polar surface area (TPSA) is 94.2 Å². The van der Waals surface area contributed by atoms with E-state index in [4.69, 9.17) is 14.2 Å². The minimum atomic E-state index is -1.29. The number of carbonyl (C=O) groups is 3. The van der Waals surface area contributed by atoms with Crippen molar-refractivity contribution in [2.75, 3.05) is 23.4 Å². The molecule has 2 heterocycles. The lowest BCUT2D eigenvalue weighted by atomic mass is 9.93. The average molecular weight is 402 g/mol. The number of fused-ring (bicyclic) bond motifs is 1. The highest BCUT2D eigenvalue weighted by Crippen LogP contribution is 2.38. The van der Waals surface area contributed by atoms with E-state index in [0.717, 1.165) is 6.42 Å². The Balaban J connectivity index is 1.86. The summed E-state index contributed by atoms with van der Waals surface area (Å²) < 4.78 is 16.0. The average Bonchev–Trinajstić information content (AvgIpc) is 2.70. The molecular weight excluding hydrogens is 376 g/mol. The minimum Gasteiger partial charge on any atom is -0.490 e. The molecule has 1 N–H and O–H groups in total. The first-order valence-electron chi connectivity index (χ1n) is 9.56. The molecule has 0 aliphatic carbocycles. The van der Waals surface area contributed by atoms with Crippen molar-refractivity contribution in [3.63, 3.8) is 0 Å². The number of cyclic esters (lactones) is 2. The highest BCUT2D eigenvalue weighted by Gasteiger charge is 2.39. The number of anilines is 2. The summed E-state index contributed by atoms with van der Waals surface area (Å²) in [7, 11) is 0. The maximum absolute atomic E-state index is 12.9. The third-order valence-corrected chi connectivity index (χ3v) is 4.61. The van der Waals surface area contributed by atoms with Gasteiger partial charge in [-0.1, -0.05) is 6.92 Å². The van der Waals surface area contributed by atoms with Crippen LogP contribution < -0.4 is 15.0 Å². The predicted octanol–water partition coefficient (Wildman–Crippen LogP) is 2.98. The molecule has 1 aromatic carbocycles. The van der Waals surface area contributed by atoms with Crippen LogP contribution in [0, 0.1) is 5.41 Å². The number of rotatable bonds is 4. The molecule has 8 heteroatoms. The lowest BCUT2D eigenvalue weighted by molar-refractivity contribution is -0.222. The van der Waals surface area contributed by atoms with Gasteiger partial charge >= 0.3 is 11.9 Å². The summed E-state index contributed by atoms with van der Waals surface area (Å²) in [6.07, 6.45) is 2.06. The molecule has 2 aliphatic rings. The minimum absolute atomic E-state index is 0.0104. The molecule has 1 fully saturated rings. The summed E-state index contributed by atoms with van der Waals surface area (Å²) >= 11 is 0. The van der Waals surface area contributed by atoms with Crippen LogP contribution in [-0.2, 0) is 23.9 Å². The van der Waals surface area contributed by atoms with E-state index in [0.29, 0.717) is 23.7 Å². The first-order valence-corrected chi connectivity index (χ1v) is 9.56. The number of ether oxygens (including phenoxy) is 3.